The van der Waals surface area contributed by atoms with Crippen LogP contribution in [0.5, 0.6) is 0 Å². The number of rotatable bonds is 7. The van der Waals surface area contributed by atoms with Crippen molar-refractivity contribution in [3.05, 3.63) is 51.8 Å². The molecule has 3 aliphatic rings. The maximum Gasteiger partial charge on any atom is 0.356 e. The maximum atomic E-state index is 12.6. The van der Waals surface area contributed by atoms with Gasteiger partial charge in [0.2, 0.25) is 0 Å². The van der Waals surface area contributed by atoms with Gasteiger partial charge in [-0.3, -0.25) is 9.48 Å². The number of aryl methyl sites for hydroxylation is 1. The van der Waals surface area contributed by atoms with Crippen molar-refractivity contribution in [1.29, 1.82) is 0 Å². The Morgan fingerprint density at radius 1 is 1.03 bits per heavy atom. The second-order valence-electron chi connectivity index (χ2n) is 9.37. The van der Waals surface area contributed by atoms with E-state index in [4.69, 9.17) is 0 Å². The molecule has 5 rings (SSSR count). The molecule has 5 heteroatoms. The predicted octanol–water partition coefficient (Wildman–Crippen LogP) is 4.49. The normalized spacial score (nSPS) is 22.3. The fraction of sp³-hybridized carbons (Fsp3) is 0.560. The van der Waals surface area contributed by atoms with Crippen LogP contribution in [0.1, 0.15) is 89.3 Å². The van der Waals surface area contributed by atoms with Crippen LogP contribution in [0.25, 0.3) is 0 Å². The van der Waals surface area contributed by atoms with Gasteiger partial charge < -0.3 is 5.11 Å². The number of hydrogen-bond donors (Lipinski definition) is 1. The highest BCUT2D eigenvalue weighted by Crippen LogP contribution is 2.41. The van der Waals surface area contributed by atoms with E-state index in [1.807, 2.05) is 0 Å². The minimum Gasteiger partial charge on any atom is -0.476 e. The van der Waals surface area contributed by atoms with E-state index in [9.17, 15) is 14.7 Å². The molecular formula is C25H30N2O3. The van der Waals surface area contributed by atoms with Gasteiger partial charge in [0.1, 0.15) is 0 Å². The highest BCUT2D eigenvalue weighted by Gasteiger charge is 2.28. The Kier molecular flexibility index (Phi) is 5.21. The predicted molar refractivity (Wildman–Crippen MR) is 114 cm³/mol. The molecule has 1 aromatic carbocycles. The zero-order valence-electron chi connectivity index (χ0n) is 17.5. The lowest BCUT2D eigenvalue weighted by Crippen LogP contribution is -2.20. The van der Waals surface area contributed by atoms with Crippen molar-refractivity contribution in [3.8, 4) is 0 Å². The number of carbonyl (C=O) groups excluding carboxylic acids is 1. The zero-order valence-corrected chi connectivity index (χ0v) is 17.5. The number of carboxylic acids is 1. The van der Waals surface area contributed by atoms with E-state index in [1.165, 1.54) is 38.5 Å². The molecule has 1 heterocycles. The fourth-order valence-electron chi connectivity index (χ4n) is 5.84. The molecule has 1 N–H and O–H groups in total. The van der Waals surface area contributed by atoms with Crippen molar-refractivity contribution in [1.82, 2.24) is 9.78 Å². The molecule has 1 saturated carbocycles. The van der Waals surface area contributed by atoms with Gasteiger partial charge in [-0.05, 0) is 92.7 Å². The molecule has 5 nitrogen and oxygen atoms in total. The maximum absolute atomic E-state index is 12.6. The van der Waals surface area contributed by atoms with E-state index in [0.29, 0.717) is 18.3 Å². The molecule has 30 heavy (non-hydrogen) atoms. The monoisotopic (exact) mass is 406 g/mol. The third-order valence-electron chi connectivity index (χ3n) is 7.61. The third-order valence-corrected chi connectivity index (χ3v) is 7.61. The molecule has 0 bridgehead atoms. The van der Waals surface area contributed by atoms with Crippen molar-refractivity contribution in [2.45, 2.75) is 83.1 Å². The number of benzene rings is 1. The first-order chi connectivity index (χ1) is 14.6. The van der Waals surface area contributed by atoms with Crippen LogP contribution < -0.4 is 0 Å². The van der Waals surface area contributed by atoms with Gasteiger partial charge in [0.25, 0.3) is 0 Å². The standard InChI is InChI=1S/C25H30N2O3/c28-19(15-27-23-6-2-5-22(23)24(26-27)25(29)30)13-9-16-7-10-18(11-8-16)20-4-1-3-17-12-14-21(17)20/h1,3-4,16,18H,2,5-15H2,(H,29,30). The van der Waals surface area contributed by atoms with E-state index >= 15 is 0 Å². The van der Waals surface area contributed by atoms with E-state index in [0.717, 1.165) is 36.9 Å². The van der Waals surface area contributed by atoms with Gasteiger partial charge in [0.15, 0.2) is 11.5 Å². The van der Waals surface area contributed by atoms with Gasteiger partial charge >= 0.3 is 5.97 Å². The van der Waals surface area contributed by atoms with Crippen LogP contribution in [0.3, 0.4) is 0 Å². The molecule has 3 aliphatic carbocycles. The first-order valence-electron chi connectivity index (χ1n) is 11.5. The number of nitrogens with zero attached hydrogens (tertiary/aromatic N) is 2. The second-order valence-corrected chi connectivity index (χ2v) is 9.37. The van der Waals surface area contributed by atoms with Crippen LogP contribution in [0.4, 0.5) is 0 Å². The third kappa shape index (κ3) is 3.59. The number of hydrogen-bond acceptors (Lipinski definition) is 3. The SMILES string of the molecule is O=C(CCC1CCC(c2cccc3c2CC3)CC1)Cn1nc(C(=O)O)c2c1CCC2. The molecule has 1 aromatic heterocycles. The molecule has 0 spiro atoms. The molecule has 2 aromatic rings. The summed E-state index contributed by atoms with van der Waals surface area (Å²) in [4.78, 5) is 24.0. The minimum atomic E-state index is -0.982. The number of aromatic nitrogens is 2. The molecule has 0 amide bonds. The van der Waals surface area contributed by atoms with E-state index < -0.39 is 5.97 Å². The summed E-state index contributed by atoms with van der Waals surface area (Å²) in [5, 5.41) is 13.6. The van der Waals surface area contributed by atoms with Crippen LogP contribution in [-0.2, 0) is 37.0 Å². The highest BCUT2D eigenvalue weighted by atomic mass is 16.4. The van der Waals surface area contributed by atoms with Gasteiger partial charge in [-0.25, -0.2) is 4.79 Å². The summed E-state index contributed by atoms with van der Waals surface area (Å²) in [5.41, 5.74) is 6.70. The summed E-state index contributed by atoms with van der Waals surface area (Å²) in [6, 6.07) is 6.83. The molecule has 0 atom stereocenters. The lowest BCUT2D eigenvalue weighted by Gasteiger charge is -2.32. The largest absolute Gasteiger partial charge is 0.476 e. The summed E-state index contributed by atoms with van der Waals surface area (Å²) in [7, 11) is 0. The number of aromatic carboxylic acids is 1. The number of Topliss-reactive ketones (excluding diaryl/α,β-unsaturated/α-hetero) is 1. The van der Waals surface area contributed by atoms with Crippen molar-refractivity contribution >= 4 is 11.8 Å². The second kappa shape index (κ2) is 8.01. The van der Waals surface area contributed by atoms with Gasteiger partial charge in [0.05, 0.1) is 6.54 Å². The zero-order chi connectivity index (χ0) is 20.7. The Labute approximate surface area is 177 Å². The summed E-state index contributed by atoms with van der Waals surface area (Å²) in [6.45, 7) is 0.223. The Hall–Kier alpha value is -2.43. The van der Waals surface area contributed by atoms with Crippen molar-refractivity contribution < 1.29 is 14.7 Å². The van der Waals surface area contributed by atoms with E-state index in [-0.39, 0.29) is 18.0 Å². The number of carbonyl (C=O) groups is 2. The molecule has 0 radical (unpaired) electrons. The average Bonchev–Trinajstić information content (AvgIpc) is 3.31. The molecule has 0 saturated heterocycles. The molecular weight excluding hydrogens is 376 g/mol. The minimum absolute atomic E-state index is 0.144. The van der Waals surface area contributed by atoms with Gasteiger partial charge in [-0.1, -0.05) is 18.2 Å². The lowest BCUT2D eigenvalue weighted by molar-refractivity contribution is -0.120. The Morgan fingerprint density at radius 2 is 1.87 bits per heavy atom. The molecule has 0 aliphatic heterocycles. The van der Waals surface area contributed by atoms with Crippen LogP contribution in [-0.4, -0.2) is 26.6 Å². The van der Waals surface area contributed by atoms with Crippen LogP contribution in [0.2, 0.25) is 0 Å². The first-order valence-corrected chi connectivity index (χ1v) is 11.5. The first kappa shape index (κ1) is 19.5. The van der Waals surface area contributed by atoms with Crippen molar-refractivity contribution in [2.75, 3.05) is 0 Å². The topological polar surface area (TPSA) is 72.2 Å². The van der Waals surface area contributed by atoms with Gasteiger partial charge in [-0.15, -0.1) is 0 Å². The van der Waals surface area contributed by atoms with Crippen LogP contribution in [0, 0.1) is 5.92 Å². The molecule has 1 fully saturated rings. The smallest absolute Gasteiger partial charge is 0.356 e. The molecule has 0 unspecified atom stereocenters. The van der Waals surface area contributed by atoms with E-state index in [1.54, 1.807) is 21.4 Å². The van der Waals surface area contributed by atoms with Crippen LogP contribution in [0.15, 0.2) is 18.2 Å². The highest BCUT2D eigenvalue weighted by molar-refractivity contribution is 5.88. The summed E-state index contributed by atoms with van der Waals surface area (Å²) in [5.74, 6) is 0.533. The van der Waals surface area contributed by atoms with E-state index in [2.05, 4.69) is 23.3 Å². The van der Waals surface area contributed by atoms with Crippen molar-refractivity contribution in [3.63, 3.8) is 0 Å². The molecule has 158 valence electrons. The van der Waals surface area contributed by atoms with Crippen molar-refractivity contribution in [2.24, 2.45) is 5.92 Å². The fourth-order valence-corrected chi connectivity index (χ4v) is 5.84. The number of fused-ring (bicyclic) bond motifs is 2. The van der Waals surface area contributed by atoms with Crippen LogP contribution >= 0.6 is 0 Å². The number of ketones is 1. The summed E-state index contributed by atoms with van der Waals surface area (Å²) in [6.07, 6.45) is 11.5. The Morgan fingerprint density at radius 3 is 2.60 bits per heavy atom. The Balaban J connectivity index is 1.13. The quantitative estimate of drug-likeness (QED) is 0.735. The van der Waals surface area contributed by atoms with Gasteiger partial charge in [0, 0.05) is 17.7 Å². The number of carboxylic acid groups (broad SMARTS) is 1. The Bertz CT molecular complexity index is 983. The summed E-state index contributed by atoms with van der Waals surface area (Å²) < 4.78 is 1.66. The lowest BCUT2D eigenvalue weighted by atomic mass is 9.73. The summed E-state index contributed by atoms with van der Waals surface area (Å²) >= 11 is 0. The average molecular weight is 407 g/mol. The van der Waals surface area contributed by atoms with Gasteiger partial charge in [-0.2, -0.15) is 5.10 Å².